The van der Waals surface area contributed by atoms with Gasteiger partial charge in [-0.25, -0.2) is 4.79 Å². The summed E-state index contributed by atoms with van der Waals surface area (Å²) in [6.07, 6.45) is -1.04. The molecule has 1 aromatic rings. The molecule has 0 saturated heterocycles. The Kier molecular flexibility index (Phi) is 5.06. The number of ether oxygens (including phenoxy) is 3. The maximum Gasteiger partial charge on any atom is 0.407 e. The standard InChI is InChI=1S/C14H19NO5/c1-2-7-15-14(17)20-12(8-16)13-9-18-10-5-3-4-6-11(10)19-13/h3-6,12-13,16H,2,7-9H2,1H3,(H,15,17). The molecule has 0 fully saturated rings. The average Bonchev–Trinajstić information content (AvgIpc) is 2.50. The van der Waals surface area contributed by atoms with E-state index in [1.54, 1.807) is 12.1 Å². The van der Waals surface area contributed by atoms with Gasteiger partial charge in [0.2, 0.25) is 0 Å². The van der Waals surface area contributed by atoms with Gasteiger partial charge in [-0.15, -0.1) is 0 Å². The number of amides is 1. The topological polar surface area (TPSA) is 77.0 Å². The number of carbonyl (C=O) groups excluding carboxylic acids is 1. The van der Waals surface area contributed by atoms with E-state index in [-0.39, 0.29) is 13.2 Å². The number of rotatable bonds is 5. The molecule has 0 aliphatic carbocycles. The van der Waals surface area contributed by atoms with Crippen LogP contribution in [0.2, 0.25) is 0 Å². The van der Waals surface area contributed by atoms with Crippen molar-refractivity contribution in [3.8, 4) is 11.5 Å². The van der Waals surface area contributed by atoms with E-state index in [4.69, 9.17) is 14.2 Å². The molecular formula is C14H19NO5. The predicted octanol–water partition coefficient (Wildman–Crippen LogP) is 1.32. The smallest absolute Gasteiger partial charge is 0.407 e. The highest BCUT2D eigenvalue weighted by Gasteiger charge is 2.31. The number of aliphatic hydroxyl groups is 1. The molecule has 0 bridgehead atoms. The van der Waals surface area contributed by atoms with Gasteiger partial charge in [0.25, 0.3) is 0 Å². The van der Waals surface area contributed by atoms with Gasteiger partial charge in [-0.1, -0.05) is 19.1 Å². The normalized spacial score (nSPS) is 18.2. The lowest BCUT2D eigenvalue weighted by Crippen LogP contribution is -2.45. The molecule has 0 spiro atoms. The van der Waals surface area contributed by atoms with Crippen molar-refractivity contribution in [2.24, 2.45) is 0 Å². The molecule has 2 unspecified atom stereocenters. The highest BCUT2D eigenvalue weighted by atomic mass is 16.6. The van der Waals surface area contributed by atoms with Crippen LogP contribution in [0, 0.1) is 0 Å². The lowest BCUT2D eigenvalue weighted by molar-refractivity contribution is -0.0428. The Morgan fingerprint density at radius 3 is 2.95 bits per heavy atom. The Morgan fingerprint density at radius 1 is 1.50 bits per heavy atom. The molecule has 110 valence electrons. The third kappa shape index (κ3) is 3.54. The van der Waals surface area contributed by atoms with Gasteiger partial charge in [-0.3, -0.25) is 0 Å². The quantitative estimate of drug-likeness (QED) is 0.851. The second-order valence-corrected chi connectivity index (χ2v) is 4.47. The van der Waals surface area contributed by atoms with Crippen LogP contribution in [0.4, 0.5) is 4.79 Å². The summed E-state index contributed by atoms with van der Waals surface area (Å²) in [6, 6.07) is 7.25. The predicted molar refractivity (Wildman–Crippen MR) is 72.0 cm³/mol. The average molecular weight is 281 g/mol. The largest absolute Gasteiger partial charge is 0.486 e. The molecule has 1 aliphatic rings. The third-order valence-corrected chi connectivity index (χ3v) is 2.90. The Hall–Kier alpha value is -1.95. The summed E-state index contributed by atoms with van der Waals surface area (Å²) in [6.45, 7) is 2.37. The molecule has 1 aromatic carbocycles. The molecule has 20 heavy (non-hydrogen) atoms. The highest BCUT2D eigenvalue weighted by Crippen LogP contribution is 2.31. The van der Waals surface area contributed by atoms with E-state index in [0.717, 1.165) is 6.42 Å². The molecule has 1 aliphatic heterocycles. The van der Waals surface area contributed by atoms with Crippen molar-refractivity contribution in [2.45, 2.75) is 25.6 Å². The first-order chi connectivity index (χ1) is 9.74. The Bertz CT molecular complexity index is 451. The van der Waals surface area contributed by atoms with Crippen LogP contribution in [0.1, 0.15) is 13.3 Å². The van der Waals surface area contributed by atoms with Crippen LogP contribution in [-0.2, 0) is 4.74 Å². The number of para-hydroxylation sites is 2. The fourth-order valence-electron chi connectivity index (χ4n) is 1.86. The lowest BCUT2D eigenvalue weighted by atomic mass is 10.2. The zero-order valence-electron chi connectivity index (χ0n) is 11.4. The van der Waals surface area contributed by atoms with E-state index in [1.807, 2.05) is 19.1 Å². The van der Waals surface area contributed by atoms with Crippen molar-refractivity contribution in [3.63, 3.8) is 0 Å². The summed E-state index contributed by atoms with van der Waals surface area (Å²) in [5.41, 5.74) is 0. The summed E-state index contributed by atoms with van der Waals surface area (Å²) in [5.74, 6) is 1.23. The van der Waals surface area contributed by atoms with Crippen LogP contribution < -0.4 is 14.8 Å². The van der Waals surface area contributed by atoms with E-state index >= 15 is 0 Å². The van der Waals surface area contributed by atoms with Gasteiger partial charge < -0.3 is 24.6 Å². The van der Waals surface area contributed by atoms with Crippen LogP contribution in [0.25, 0.3) is 0 Å². The minimum Gasteiger partial charge on any atom is -0.486 e. The van der Waals surface area contributed by atoms with Gasteiger partial charge in [-0.05, 0) is 18.6 Å². The molecule has 0 saturated carbocycles. The fourth-order valence-corrected chi connectivity index (χ4v) is 1.86. The number of hydrogen-bond acceptors (Lipinski definition) is 5. The van der Waals surface area contributed by atoms with Crippen molar-refractivity contribution in [1.29, 1.82) is 0 Å². The van der Waals surface area contributed by atoms with Crippen LogP contribution in [-0.4, -0.2) is 43.2 Å². The fraction of sp³-hybridized carbons (Fsp3) is 0.500. The van der Waals surface area contributed by atoms with Gasteiger partial charge in [0, 0.05) is 6.54 Å². The minimum absolute atomic E-state index is 0.225. The van der Waals surface area contributed by atoms with Crippen molar-refractivity contribution in [2.75, 3.05) is 19.8 Å². The number of fused-ring (bicyclic) bond motifs is 1. The Labute approximate surface area is 117 Å². The first kappa shape index (κ1) is 14.5. The molecule has 2 N–H and O–H groups in total. The third-order valence-electron chi connectivity index (χ3n) is 2.90. The SMILES string of the molecule is CCCNC(=O)OC(CO)C1COc2ccccc2O1. The number of hydrogen-bond donors (Lipinski definition) is 2. The van der Waals surface area contributed by atoms with Crippen LogP contribution in [0.3, 0.4) is 0 Å². The van der Waals surface area contributed by atoms with Crippen LogP contribution in [0.15, 0.2) is 24.3 Å². The summed E-state index contributed by atoms with van der Waals surface area (Å²) >= 11 is 0. The molecule has 1 heterocycles. The Morgan fingerprint density at radius 2 is 2.25 bits per heavy atom. The number of aliphatic hydroxyl groups excluding tert-OH is 1. The first-order valence-corrected chi connectivity index (χ1v) is 6.68. The summed E-state index contributed by atoms with van der Waals surface area (Å²) < 4.78 is 16.4. The number of benzene rings is 1. The molecular weight excluding hydrogens is 262 g/mol. The van der Waals surface area contributed by atoms with E-state index in [2.05, 4.69) is 5.32 Å². The number of carbonyl (C=O) groups is 1. The van der Waals surface area contributed by atoms with E-state index in [1.165, 1.54) is 0 Å². The molecule has 1 amide bonds. The monoisotopic (exact) mass is 281 g/mol. The van der Waals surface area contributed by atoms with Gasteiger partial charge in [0.15, 0.2) is 23.7 Å². The number of nitrogens with one attached hydrogen (secondary N) is 1. The summed E-state index contributed by atoms with van der Waals surface area (Å²) in [4.78, 5) is 11.5. The second-order valence-electron chi connectivity index (χ2n) is 4.47. The van der Waals surface area contributed by atoms with Crippen molar-refractivity contribution < 1.29 is 24.1 Å². The highest BCUT2D eigenvalue weighted by molar-refractivity contribution is 5.67. The van der Waals surface area contributed by atoms with Gasteiger partial charge >= 0.3 is 6.09 Å². The summed E-state index contributed by atoms with van der Waals surface area (Å²) in [7, 11) is 0. The molecule has 0 radical (unpaired) electrons. The van der Waals surface area contributed by atoms with Crippen LogP contribution in [0.5, 0.6) is 11.5 Å². The lowest BCUT2D eigenvalue weighted by Gasteiger charge is -2.30. The molecule has 6 nitrogen and oxygen atoms in total. The van der Waals surface area contributed by atoms with E-state index < -0.39 is 18.3 Å². The molecule has 0 aromatic heterocycles. The Balaban J connectivity index is 1.94. The second kappa shape index (κ2) is 7.00. The summed E-state index contributed by atoms with van der Waals surface area (Å²) in [5, 5.41) is 11.9. The van der Waals surface area contributed by atoms with E-state index in [0.29, 0.717) is 18.0 Å². The van der Waals surface area contributed by atoms with Crippen LogP contribution >= 0.6 is 0 Å². The van der Waals surface area contributed by atoms with Crippen molar-refractivity contribution >= 4 is 6.09 Å². The molecule has 6 heteroatoms. The van der Waals surface area contributed by atoms with Gasteiger partial charge in [0.05, 0.1) is 6.61 Å². The zero-order chi connectivity index (χ0) is 14.4. The van der Waals surface area contributed by atoms with E-state index in [9.17, 15) is 9.90 Å². The van der Waals surface area contributed by atoms with Gasteiger partial charge in [0.1, 0.15) is 6.61 Å². The van der Waals surface area contributed by atoms with Crippen molar-refractivity contribution in [1.82, 2.24) is 5.32 Å². The number of alkyl carbamates (subject to hydrolysis) is 1. The molecule has 2 atom stereocenters. The maximum absolute atomic E-state index is 11.5. The zero-order valence-corrected chi connectivity index (χ0v) is 11.4. The van der Waals surface area contributed by atoms with Gasteiger partial charge in [-0.2, -0.15) is 0 Å². The maximum atomic E-state index is 11.5. The minimum atomic E-state index is -0.764. The molecule has 2 rings (SSSR count). The van der Waals surface area contributed by atoms with Crippen molar-refractivity contribution in [3.05, 3.63) is 24.3 Å². The first-order valence-electron chi connectivity index (χ1n) is 6.68.